The Balaban J connectivity index is 0.699. The molecule has 0 atom stereocenters. The molecule has 0 heterocycles. The molecule has 14 aromatic carbocycles. The lowest BCUT2D eigenvalue weighted by Gasteiger charge is -2.24. The minimum atomic E-state index is -0.233. The van der Waals surface area contributed by atoms with Crippen molar-refractivity contribution in [1.82, 2.24) is 0 Å². The summed E-state index contributed by atoms with van der Waals surface area (Å²) in [6.45, 7) is 15.6. The highest BCUT2D eigenvalue weighted by Crippen LogP contribution is 2.55. The zero-order valence-corrected chi connectivity index (χ0v) is 53.5. The molecule has 2 heteroatoms. The summed E-state index contributed by atoms with van der Waals surface area (Å²) in [6.07, 6.45) is 4.37. The van der Waals surface area contributed by atoms with Crippen LogP contribution in [-0.4, -0.2) is 13.2 Å². The Bertz CT molecular complexity index is 4750. The van der Waals surface area contributed by atoms with Gasteiger partial charge in [0, 0.05) is 10.8 Å². The second-order valence-electron chi connectivity index (χ2n) is 26.6. The first-order valence-electron chi connectivity index (χ1n) is 33.2. The summed E-state index contributed by atoms with van der Waals surface area (Å²) in [4.78, 5) is 0. The Kier molecular flexibility index (Phi) is 14.2. The molecule has 92 heavy (non-hydrogen) atoms. The number of unbranched alkanes of at least 4 members (excludes halogenated alkanes) is 2. The molecule has 0 saturated carbocycles. The minimum Gasteiger partial charge on any atom is -0.494 e. The van der Waals surface area contributed by atoms with Crippen LogP contribution in [0.5, 0.6) is 11.5 Å². The van der Waals surface area contributed by atoms with Crippen LogP contribution < -0.4 is 9.47 Å². The molecule has 0 radical (unpaired) electrons. The molecule has 446 valence electrons. The number of hydrogen-bond donors (Lipinski definition) is 0. The van der Waals surface area contributed by atoms with E-state index in [2.05, 4.69) is 308 Å². The third-order valence-electron chi connectivity index (χ3n) is 20.4. The van der Waals surface area contributed by atoms with Crippen LogP contribution in [0.3, 0.4) is 0 Å². The lowest BCUT2D eigenvalue weighted by Crippen LogP contribution is -2.15. The van der Waals surface area contributed by atoms with Gasteiger partial charge in [0.2, 0.25) is 0 Å². The molecule has 2 aliphatic rings. The van der Waals surface area contributed by atoms with Crippen molar-refractivity contribution in [3.8, 4) is 112 Å². The summed E-state index contributed by atoms with van der Waals surface area (Å²) in [7, 11) is 0. The van der Waals surface area contributed by atoms with E-state index < -0.39 is 0 Å². The van der Waals surface area contributed by atoms with E-state index in [1.807, 2.05) is 0 Å². The standard InChI is InChI=1S/C90H74O2/c1-7-9-51-91-67-43-35-59(36-44-67)57-27-31-61(32-28-57)85-73-19-11-15-23-77(73)87(78-24-16-12-20-74(78)85)65-41-49-71-69-47-39-63(53-81(69)89(3,4)83(71)55-65)64-40-48-70-72-50-42-66(56-84(72)90(5,6)82(70)54-64)88-79-25-17-13-21-75(79)86(76-22-14-18-26-80(76)88)62-33-29-58(30-34-62)60-37-45-68(46-38-60)92-52-10-8-2/h11-50,53-56H,7-10,51-52H2,1-6H3. The maximum Gasteiger partial charge on any atom is 0.119 e. The van der Waals surface area contributed by atoms with Crippen LogP contribution in [0, 0.1) is 0 Å². The molecule has 0 unspecified atom stereocenters. The van der Waals surface area contributed by atoms with Gasteiger partial charge in [-0.3, -0.25) is 0 Å². The van der Waals surface area contributed by atoms with Crippen LogP contribution in [0.4, 0.5) is 0 Å². The number of fused-ring (bicyclic) bond motifs is 10. The van der Waals surface area contributed by atoms with Crippen LogP contribution in [0.15, 0.2) is 267 Å². The van der Waals surface area contributed by atoms with Crippen LogP contribution >= 0.6 is 0 Å². The van der Waals surface area contributed by atoms with Crippen LogP contribution in [-0.2, 0) is 10.8 Å². The van der Waals surface area contributed by atoms with Crippen molar-refractivity contribution < 1.29 is 9.47 Å². The fourth-order valence-electron chi connectivity index (χ4n) is 15.5. The molecular weight excluding hydrogens is 1110 g/mol. The Morgan fingerprint density at radius 1 is 0.239 bits per heavy atom. The fraction of sp³-hybridized carbons (Fsp3) is 0.156. The van der Waals surface area contributed by atoms with Gasteiger partial charge < -0.3 is 9.47 Å². The fourth-order valence-corrected chi connectivity index (χ4v) is 15.5. The van der Waals surface area contributed by atoms with Gasteiger partial charge in [0.1, 0.15) is 11.5 Å². The summed E-state index contributed by atoms with van der Waals surface area (Å²) in [6, 6.07) is 100. The molecule has 0 aliphatic heterocycles. The second kappa shape index (κ2) is 22.9. The van der Waals surface area contributed by atoms with Crippen molar-refractivity contribution in [2.24, 2.45) is 0 Å². The minimum absolute atomic E-state index is 0.233. The highest BCUT2D eigenvalue weighted by Gasteiger charge is 2.38. The molecule has 0 saturated heterocycles. The Morgan fingerprint density at radius 3 is 0.728 bits per heavy atom. The van der Waals surface area contributed by atoms with E-state index in [1.165, 1.54) is 165 Å². The quantitative estimate of drug-likeness (QED) is 0.0752. The summed E-state index contributed by atoms with van der Waals surface area (Å²) >= 11 is 0. The van der Waals surface area contributed by atoms with E-state index in [1.54, 1.807) is 0 Å². The van der Waals surface area contributed by atoms with E-state index in [-0.39, 0.29) is 10.8 Å². The zero-order chi connectivity index (χ0) is 62.2. The van der Waals surface area contributed by atoms with Gasteiger partial charge in [0.05, 0.1) is 13.2 Å². The molecular formula is C90H74O2. The Morgan fingerprint density at radius 2 is 0.457 bits per heavy atom. The summed E-state index contributed by atoms with van der Waals surface area (Å²) < 4.78 is 11.9. The third-order valence-corrected chi connectivity index (χ3v) is 20.4. The molecule has 0 N–H and O–H groups in total. The van der Waals surface area contributed by atoms with Crippen molar-refractivity contribution in [3.05, 3.63) is 289 Å². The predicted molar refractivity (Wildman–Crippen MR) is 390 cm³/mol. The maximum absolute atomic E-state index is 5.97. The summed E-state index contributed by atoms with van der Waals surface area (Å²) in [5, 5.41) is 10.1. The summed E-state index contributed by atoms with van der Waals surface area (Å²) in [5.74, 6) is 1.85. The summed E-state index contributed by atoms with van der Waals surface area (Å²) in [5.41, 5.74) is 27.6. The smallest absolute Gasteiger partial charge is 0.119 e. The van der Waals surface area contributed by atoms with Gasteiger partial charge in [0.25, 0.3) is 0 Å². The average Bonchev–Trinajstić information content (AvgIpc) is 1.56. The molecule has 16 rings (SSSR count). The van der Waals surface area contributed by atoms with Crippen molar-refractivity contribution >= 4 is 43.1 Å². The van der Waals surface area contributed by atoms with Gasteiger partial charge >= 0.3 is 0 Å². The highest BCUT2D eigenvalue weighted by atomic mass is 16.5. The molecule has 0 bridgehead atoms. The number of benzene rings is 14. The molecule has 0 amide bonds. The highest BCUT2D eigenvalue weighted by molar-refractivity contribution is 6.23. The first-order valence-corrected chi connectivity index (χ1v) is 33.2. The van der Waals surface area contributed by atoms with Crippen molar-refractivity contribution in [2.45, 2.75) is 78.1 Å². The van der Waals surface area contributed by atoms with Crippen LogP contribution in [0.1, 0.15) is 89.5 Å². The third kappa shape index (κ3) is 9.53. The second-order valence-corrected chi connectivity index (χ2v) is 26.6. The normalized spacial score (nSPS) is 13.3. The van der Waals surface area contributed by atoms with Gasteiger partial charge in [0.15, 0.2) is 0 Å². The largest absolute Gasteiger partial charge is 0.494 e. The average molecular weight is 1190 g/mol. The van der Waals surface area contributed by atoms with Crippen molar-refractivity contribution in [2.75, 3.05) is 13.2 Å². The van der Waals surface area contributed by atoms with E-state index in [4.69, 9.17) is 9.47 Å². The number of ether oxygens (including phenoxy) is 2. The molecule has 0 fully saturated rings. The topological polar surface area (TPSA) is 18.5 Å². The Labute approximate surface area is 541 Å². The van der Waals surface area contributed by atoms with Crippen LogP contribution in [0.25, 0.3) is 143 Å². The van der Waals surface area contributed by atoms with Crippen molar-refractivity contribution in [1.29, 1.82) is 0 Å². The monoisotopic (exact) mass is 1190 g/mol. The van der Waals surface area contributed by atoms with Gasteiger partial charge in [-0.15, -0.1) is 0 Å². The maximum atomic E-state index is 5.97. The van der Waals surface area contributed by atoms with Gasteiger partial charge in [-0.05, 0) is 227 Å². The molecule has 0 spiro atoms. The van der Waals surface area contributed by atoms with E-state index in [9.17, 15) is 0 Å². The zero-order valence-electron chi connectivity index (χ0n) is 53.5. The van der Waals surface area contributed by atoms with Crippen LogP contribution in [0.2, 0.25) is 0 Å². The lowest BCUT2D eigenvalue weighted by molar-refractivity contribution is 0.309. The van der Waals surface area contributed by atoms with Gasteiger partial charge in [-0.25, -0.2) is 0 Å². The van der Waals surface area contributed by atoms with E-state index >= 15 is 0 Å². The van der Waals surface area contributed by atoms with Crippen molar-refractivity contribution in [3.63, 3.8) is 0 Å². The first kappa shape index (κ1) is 56.9. The number of rotatable bonds is 15. The molecule has 2 aliphatic carbocycles. The predicted octanol–water partition coefficient (Wildman–Crippen LogP) is 24.9. The van der Waals surface area contributed by atoms with E-state index in [0.29, 0.717) is 0 Å². The molecule has 14 aromatic rings. The van der Waals surface area contributed by atoms with E-state index in [0.717, 1.165) is 50.4 Å². The molecule has 2 nitrogen and oxygen atoms in total. The SMILES string of the molecule is CCCCOc1ccc(-c2ccc(-c3c4ccccc4c(-c4ccc5c(c4)C(C)(C)c4cc(-c6ccc7c(c6)C(C)(C)c6cc(-c8c9ccccc9c(-c9ccc(-c%10ccc(OCCCC)cc%10)cc9)c9ccccc89)ccc6-7)ccc4-5)c4ccccc34)cc2)cc1. The van der Waals surface area contributed by atoms with Gasteiger partial charge in [-0.2, -0.15) is 0 Å². The van der Waals surface area contributed by atoms with Gasteiger partial charge in [-0.1, -0.05) is 273 Å². The number of hydrogen-bond acceptors (Lipinski definition) is 2. The first-order chi connectivity index (χ1) is 45.0. The molecule has 0 aromatic heterocycles. The Hall–Kier alpha value is -10.3. The lowest BCUT2D eigenvalue weighted by atomic mass is 9.79.